The lowest BCUT2D eigenvalue weighted by Gasteiger charge is -2.21. The largest absolute Gasteiger partial charge is 0.444 e. The number of hydrogen-bond donors (Lipinski definition) is 1. The minimum atomic E-state index is -3.62. The van der Waals surface area contributed by atoms with Gasteiger partial charge in [-0.1, -0.05) is 36.4 Å². The van der Waals surface area contributed by atoms with Crippen molar-refractivity contribution in [3.05, 3.63) is 60.7 Å². The minimum Gasteiger partial charge on any atom is -0.444 e. The van der Waals surface area contributed by atoms with Crippen LogP contribution in [-0.4, -0.2) is 50.0 Å². The van der Waals surface area contributed by atoms with Crippen molar-refractivity contribution < 1.29 is 27.5 Å². The highest BCUT2D eigenvalue weighted by Gasteiger charge is 2.25. The monoisotopic (exact) mass is 507 g/mol. The van der Waals surface area contributed by atoms with E-state index in [-0.39, 0.29) is 4.90 Å². The molecule has 0 fully saturated rings. The first kappa shape index (κ1) is 27.2. The lowest BCUT2D eigenvalue weighted by molar-refractivity contribution is -0.119. The van der Waals surface area contributed by atoms with E-state index >= 15 is 0 Å². The van der Waals surface area contributed by atoms with Gasteiger partial charge in [0.1, 0.15) is 17.4 Å². The second-order valence-corrected chi connectivity index (χ2v) is 13.0. The number of alkyl carbamates (subject to hydrolysis) is 1. The Kier molecular flexibility index (Phi) is 8.73. The number of amides is 3. The van der Waals surface area contributed by atoms with Crippen molar-refractivity contribution in [3.63, 3.8) is 0 Å². The van der Waals surface area contributed by atoms with E-state index in [9.17, 15) is 22.8 Å². The third kappa shape index (κ3) is 8.07. The zero-order chi connectivity index (χ0) is 25.6. The third-order valence-electron chi connectivity index (χ3n) is 4.23. The molecule has 2 rings (SSSR count). The maximum absolute atomic E-state index is 13.7. The van der Waals surface area contributed by atoms with Crippen molar-refractivity contribution >= 4 is 37.4 Å². The molecule has 0 aliphatic rings. The highest BCUT2D eigenvalue weighted by Crippen LogP contribution is 2.17. The first-order chi connectivity index (χ1) is 15.7. The van der Waals surface area contributed by atoms with Gasteiger partial charge in [0.15, 0.2) is 0 Å². The van der Waals surface area contributed by atoms with Crippen molar-refractivity contribution in [2.24, 2.45) is 8.73 Å². The van der Waals surface area contributed by atoms with Crippen LogP contribution in [0, 0.1) is 0 Å². The number of nitrogens with one attached hydrogen (secondary N) is 1. The molecule has 1 N–H and O–H groups in total. The van der Waals surface area contributed by atoms with E-state index in [1.165, 1.54) is 25.3 Å². The Morgan fingerprint density at radius 1 is 0.912 bits per heavy atom. The summed E-state index contributed by atoms with van der Waals surface area (Å²) in [4.78, 5) is 37.9. The molecular weight excluding hydrogens is 478 g/mol. The summed E-state index contributed by atoms with van der Waals surface area (Å²) in [7, 11) is -6.71. The molecule has 0 aliphatic heterocycles. The molecule has 0 radical (unpaired) electrons. The Hall–Kier alpha value is -3.05. The average molecular weight is 508 g/mol. The Morgan fingerprint density at radius 2 is 1.41 bits per heavy atom. The van der Waals surface area contributed by atoms with Crippen LogP contribution in [0.25, 0.3) is 0 Å². The zero-order valence-electron chi connectivity index (χ0n) is 19.7. The quantitative estimate of drug-likeness (QED) is 0.635. The molecule has 0 aromatic heterocycles. The second-order valence-electron chi connectivity index (χ2n) is 8.50. The van der Waals surface area contributed by atoms with Crippen molar-refractivity contribution in [1.82, 2.24) is 5.32 Å². The maximum atomic E-state index is 13.7. The van der Waals surface area contributed by atoms with Gasteiger partial charge in [-0.3, -0.25) is 9.59 Å². The van der Waals surface area contributed by atoms with E-state index in [0.717, 1.165) is 0 Å². The summed E-state index contributed by atoms with van der Waals surface area (Å²) in [6, 6.07) is 14.9. The van der Waals surface area contributed by atoms with Gasteiger partial charge in [0.05, 0.1) is 19.5 Å². The third-order valence-corrected chi connectivity index (χ3v) is 8.05. The Balaban J connectivity index is 2.38. The van der Waals surface area contributed by atoms with Crippen LogP contribution in [0.1, 0.15) is 27.7 Å². The van der Waals surface area contributed by atoms with Crippen LogP contribution in [0.4, 0.5) is 4.79 Å². The van der Waals surface area contributed by atoms with Crippen LogP contribution in [0.15, 0.2) is 79.2 Å². The predicted octanol–water partition coefficient (Wildman–Crippen LogP) is 3.64. The SMILES string of the molecule is C[C@H](NC(=O)OC(C)(C)C)C(=O)N=S(=O)(CC(=O)N=S(C)(=O)c1ccccc1)c1ccccc1. The fraction of sp³-hybridized carbons (Fsp3) is 0.348. The molecule has 0 heterocycles. The highest BCUT2D eigenvalue weighted by molar-refractivity contribution is 7.95. The van der Waals surface area contributed by atoms with E-state index in [1.54, 1.807) is 69.3 Å². The molecule has 0 spiro atoms. The van der Waals surface area contributed by atoms with Crippen molar-refractivity contribution in [3.8, 4) is 0 Å². The maximum Gasteiger partial charge on any atom is 0.408 e. The van der Waals surface area contributed by atoms with Crippen LogP contribution in [0.3, 0.4) is 0 Å². The van der Waals surface area contributed by atoms with Gasteiger partial charge < -0.3 is 10.1 Å². The Bertz CT molecular complexity index is 1280. The molecule has 0 saturated heterocycles. The molecule has 2 aromatic rings. The van der Waals surface area contributed by atoms with E-state index in [1.807, 2.05) is 0 Å². The number of nitrogens with zero attached hydrogens (tertiary/aromatic N) is 2. The second kappa shape index (κ2) is 10.9. The van der Waals surface area contributed by atoms with Gasteiger partial charge in [0, 0.05) is 16.0 Å². The lowest BCUT2D eigenvalue weighted by Crippen LogP contribution is -2.41. The van der Waals surface area contributed by atoms with E-state index in [0.29, 0.717) is 4.90 Å². The molecule has 3 atom stereocenters. The van der Waals surface area contributed by atoms with Crippen molar-refractivity contribution in [2.75, 3.05) is 12.0 Å². The molecule has 2 unspecified atom stereocenters. The van der Waals surface area contributed by atoms with Gasteiger partial charge in [0.2, 0.25) is 0 Å². The van der Waals surface area contributed by atoms with Crippen LogP contribution in [0.5, 0.6) is 0 Å². The first-order valence-electron chi connectivity index (χ1n) is 10.4. The first-order valence-corrected chi connectivity index (χ1v) is 14.0. The molecule has 0 aliphatic carbocycles. The molecule has 184 valence electrons. The number of carbonyl (C=O) groups excluding carboxylic acids is 3. The standard InChI is InChI=1S/C23H29N3O6S2/c1-17(24-22(29)32-23(2,3)4)21(28)26-34(31,19-14-10-7-11-15-19)16-20(27)25-33(5,30)18-12-8-6-9-13-18/h6-15,17H,16H2,1-5H3,(H,24,29)/t17-,33?,34?/m0/s1. The minimum absolute atomic E-state index is 0.138. The van der Waals surface area contributed by atoms with Crippen LogP contribution >= 0.6 is 0 Å². The van der Waals surface area contributed by atoms with Gasteiger partial charge in [-0.25, -0.2) is 13.2 Å². The topological polar surface area (TPSA) is 131 Å². The van der Waals surface area contributed by atoms with Crippen LogP contribution in [-0.2, 0) is 33.8 Å². The highest BCUT2D eigenvalue weighted by atomic mass is 32.2. The summed E-state index contributed by atoms with van der Waals surface area (Å²) in [5.41, 5.74) is -0.776. The number of carbonyl (C=O) groups is 3. The fourth-order valence-corrected chi connectivity index (χ4v) is 5.76. The van der Waals surface area contributed by atoms with Crippen LogP contribution in [0.2, 0.25) is 0 Å². The van der Waals surface area contributed by atoms with Crippen LogP contribution < -0.4 is 5.32 Å². The molecule has 0 bridgehead atoms. The summed E-state index contributed by atoms with van der Waals surface area (Å²) >= 11 is 0. The number of rotatable bonds is 6. The fourth-order valence-electron chi connectivity index (χ4n) is 2.69. The Labute approximate surface area is 200 Å². The summed E-state index contributed by atoms with van der Waals surface area (Å²) in [5, 5.41) is 2.34. The van der Waals surface area contributed by atoms with Gasteiger partial charge in [-0.2, -0.15) is 8.73 Å². The van der Waals surface area contributed by atoms with Crippen molar-refractivity contribution in [2.45, 2.75) is 49.1 Å². The molecule has 11 heteroatoms. The molecular formula is C23H29N3O6S2. The molecule has 0 saturated carbocycles. The van der Waals surface area contributed by atoms with Gasteiger partial charge in [-0.15, -0.1) is 0 Å². The van der Waals surface area contributed by atoms with Gasteiger partial charge in [0.25, 0.3) is 11.8 Å². The molecule has 9 nitrogen and oxygen atoms in total. The summed E-state index contributed by atoms with van der Waals surface area (Å²) in [6.07, 6.45) is 0.467. The average Bonchev–Trinajstić information content (AvgIpc) is 2.73. The van der Waals surface area contributed by atoms with E-state index in [2.05, 4.69) is 14.0 Å². The molecule has 3 amide bonds. The Morgan fingerprint density at radius 3 is 1.91 bits per heavy atom. The predicted molar refractivity (Wildman–Crippen MR) is 130 cm³/mol. The number of ether oxygens (including phenoxy) is 1. The molecule has 2 aromatic carbocycles. The summed E-state index contributed by atoms with van der Waals surface area (Å²) < 4.78 is 39.4. The summed E-state index contributed by atoms with van der Waals surface area (Å²) in [5.74, 6) is -2.58. The zero-order valence-corrected chi connectivity index (χ0v) is 21.4. The van der Waals surface area contributed by atoms with Gasteiger partial charge in [-0.05, 0) is 52.0 Å². The van der Waals surface area contributed by atoms with Gasteiger partial charge >= 0.3 is 6.09 Å². The van der Waals surface area contributed by atoms with E-state index < -0.39 is 54.8 Å². The number of benzene rings is 2. The number of hydrogen-bond acceptors (Lipinski definition) is 6. The lowest BCUT2D eigenvalue weighted by atomic mass is 10.2. The molecule has 34 heavy (non-hydrogen) atoms. The smallest absolute Gasteiger partial charge is 0.408 e. The van der Waals surface area contributed by atoms with E-state index in [4.69, 9.17) is 4.74 Å². The van der Waals surface area contributed by atoms with Crippen molar-refractivity contribution in [1.29, 1.82) is 0 Å². The normalized spacial score (nSPS) is 15.7. The summed E-state index contributed by atoms with van der Waals surface area (Å²) in [6.45, 7) is 6.37.